The van der Waals surface area contributed by atoms with Crippen molar-refractivity contribution in [3.05, 3.63) is 59.6 Å². The molecule has 30 heavy (non-hydrogen) atoms. The second-order valence-electron chi connectivity index (χ2n) is 6.93. The van der Waals surface area contributed by atoms with Gasteiger partial charge >= 0.3 is 12.1 Å². The number of thiocarbonyl (C=S) groups is 1. The highest BCUT2D eigenvalue weighted by atomic mass is 35.5. The van der Waals surface area contributed by atoms with Crippen LogP contribution < -0.4 is 16.1 Å². The fourth-order valence-corrected chi connectivity index (χ4v) is 4.78. The average molecular weight is 466 g/mol. The van der Waals surface area contributed by atoms with Crippen molar-refractivity contribution in [1.29, 1.82) is 0 Å². The van der Waals surface area contributed by atoms with Gasteiger partial charge in [0.1, 0.15) is 0 Å². The van der Waals surface area contributed by atoms with E-state index in [2.05, 4.69) is 16.1 Å². The number of hydrazine groups is 1. The van der Waals surface area contributed by atoms with Crippen LogP contribution in [0.4, 0.5) is 21.0 Å². The summed E-state index contributed by atoms with van der Waals surface area (Å²) in [6.07, 6.45) is -0.955. The molecule has 3 rings (SSSR count). The monoisotopic (exact) mass is 465 g/mol. The SMILES string of the molecule is CC1(C)SC(=S)N(NC(=O)Nc2ccccc2)[C@H]1N(O)C(=O)Nc1ccc(Cl)cc1. The number of amides is 4. The summed E-state index contributed by atoms with van der Waals surface area (Å²) in [5.41, 5.74) is 3.65. The molecule has 0 spiro atoms. The molecule has 1 heterocycles. The smallest absolute Gasteiger partial charge is 0.307 e. The molecule has 1 aliphatic rings. The lowest BCUT2D eigenvalue weighted by Gasteiger charge is -2.36. The molecule has 1 fully saturated rings. The zero-order valence-electron chi connectivity index (χ0n) is 16.1. The topological polar surface area (TPSA) is 96.9 Å². The molecule has 0 aliphatic carbocycles. The number of carbonyl (C=O) groups is 2. The van der Waals surface area contributed by atoms with Crippen molar-refractivity contribution in [1.82, 2.24) is 15.5 Å². The molecule has 1 aliphatic heterocycles. The standard InChI is InChI=1S/C19H20ClN5O3S2/c1-19(2)15(25(28)17(27)22-14-10-8-12(20)9-11-14)24(18(29)30-19)23-16(26)21-13-6-4-3-5-7-13/h3-11,15,28H,1-2H3,(H,22,27)(H2,21,23,26)/t15-/m0/s1. The Balaban J connectivity index is 1.73. The van der Waals surface area contributed by atoms with Gasteiger partial charge < -0.3 is 10.6 Å². The minimum atomic E-state index is -0.955. The number of urea groups is 2. The Morgan fingerprint density at radius 3 is 2.33 bits per heavy atom. The highest BCUT2D eigenvalue weighted by Crippen LogP contribution is 2.41. The summed E-state index contributed by atoms with van der Waals surface area (Å²) < 4.78 is -0.394. The van der Waals surface area contributed by atoms with E-state index in [1.54, 1.807) is 48.5 Å². The van der Waals surface area contributed by atoms with Gasteiger partial charge in [-0.2, -0.15) is 5.06 Å². The highest BCUT2D eigenvalue weighted by Gasteiger charge is 2.50. The van der Waals surface area contributed by atoms with Crippen LogP contribution >= 0.6 is 35.6 Å². The maximum absolute atomic E-state index is 12.6. The minimum Gasteiger partial charge on any atom is -0.307 e. The summed E-state index contributed by atoms with van der Waals surface area (Å²) in [4.78, 5) is 25.1. The highest BCUT2D eigenvalue weighted by molar-refractivity contribution is 8.24. The Morgan fingerprint density at radius 1 is 1.10 bits per heavy atom. The number of nitrogens with one attached hydrogen (secondary N) is 3. The van der Waals surface area contributed by atoms with Gasteiger partial charge in [-0.15, -0.1) is 0 Å². The predicted molar refractivity (Wildman–Crippen MR) is 123 cm³/mol. The number of benzene rings is 2. The van der Waals surface area contributed by atoms with Gasteiger partial charge in [0.25, 0.3) is 0 Å². The number of hydrogen-bond donors (Lipinski definition) is 4. The van der Waals surface area contributed by atoms with Crippen molar-refractivity contribution >= 4 is 63.3 Å². The first-order valence-corrected chi connectivity index (χ1v) is 10.5. The summed E-state index contributed by atoms with van der Waals surface area (Å²) in [5.74, 6) is 0. The molecule has 0 aromatic heterocycles. The summed E-state index contributed by atoms with van der Waals surface area (Å²) in [5, 5.41) is 18.3. The van der Waals surface area contributed by atoms with Gasteiger partial charge in [-0.25, -0.2) is 20.0 Å². The molecule has 0 unspecified atom stereocenters. The Morgan fingerprint density at radius 2 is 1.70 bits per heavy atom. The molecule has 1 atom stereocenters. The molecule has 1 saturated heterocycles. The third-order valence-corrected chi connectivity index (χ3v) is 6.01. The molecule has 4 amide bonds. The molecule has 11 heteroatoms. The summed E-state index contributed by atoms with van der Waals surface area (Å²) >= 11 is 12.5. The van der Waals surface area contributed by atoms with Crippen molar-refractivity contribution in [3.8, 4) is 0 Å². The molecule has 4 N–H and O–H groups in total. The average Bonchev–Trinajstić information content (AvgIpc) is 2.91. The number of rotatable bonds is 4. The van der Waals surface area contributed by atoms with Crippen LogP contribution in [0, 0.1) is 0 Å². The number of hydrogen-bond acceptors (Lipinski definition) is 5. The van der Waals surface area contributed by atoms with Crippen LogP contribution in [-0.2, 0) is 0 Å². The predicted octanol–water partition coefficient (Wildman–Crippen LogP) is 4.74. The zero-order valence-corrected chi connectivity index (χ0v) is 18.5. The maximum Gasteiger partial charge on any atom is 0.347 e. The number of anilines is 2. The van der Waals surface area contributed by atoms with Crippen LogP contribution in [0.3, 0.4) is 0 Å². The third kappa shape index (κ3) is 5.14. The second kappa shape index (κ2) is 9.09. The first-order valence-electron chi connectivity index (χ1n) is 8.87. The van der Waals surface area contributed by atoms with Gasteiger partial charge in [-0.3, -0.25) is 5.21 Å². The zero-order chi connectivity index (χ0) is 21.9. The van der Waals surface area contributed by atoms with Crippen molar-refractivity contribution in [2.45, 2.75) is 24.8 Å². The quantitative estimate of drug-likeness (QED) is 0.296. The number of nitrogens with zero attached hydrogens (tertiary/aromatic N) is 2. The normalized spacial score (nSPS) is 17.4. The lowest BCUT2D eigenvalue weighted by atomic mass is 10.1. The molecule has 2 aromatic carbocycles. The van der Waals surface area contributed by atoms with Crippen molar-refractivity contribution < 1.29 is 14.8 Å². The van der Waals surface area contributed by atoms with Crippen molar-refractivity contribution in [2.24, 2.45) is 0 Å². The van der Waals surface area contributed by atoms with Gasteiger partial charge in [-0.05, 0) is 50.2 Å². The van der Waals surface area contributed by atoms with E-state index in [1.807, 2.05) is 19.9 Å². The number of hydroxylamine groups is 2. The van der Waals surface area contributed by atoms with Crippen LogP contribution in [0.5, 0.6) is 0 Å². The van der Waals surface area contributed by atoms with Crippen LogP contribution in [-0.4, -0.2) is 42.6 Å². The van der Waals surface area contributed by atoms with E-state index in [0.717, 1.165) is 0 Å². The lowest BCUT2D eigenvalue weighted by molar-refractivity contribution is -0.120. The molecule has 2 aromatic rings. The van der Waals surface area contributed by atoms with Crippen LogP contribution in [0.1, 0.15) is 13.8 Å². The van der Waals surface area contributed by atoms with E-state index in [-0.39, 0.29) is 0 Å². The van der Waals surface area contributed by atoms with Crippen molar-refractivity contribution in [2.75, 3.05) is 10.6 Å². The third-order valence-electron chi connectivity index (χ3n) is 4.20. The maximum atomic E-state index is 12.6. The molecule has 0 bridgehead atoms. The number of thioether (sulfide) groups is 1. The van der Waals surface area contributed by atoms with Gasteiger partial charge in [0.05, 0.1) is 4.75 Å². The van der Waals surface area contributed by atoms with E-state index in [9.17, 15) is 14.8 Å². The summed E-state index contributed by atoms with van der Waals surface area (Å²) in [6, 6.07) is 14.0. The van der Waals surface area contributed by atoms with E-state index in [4.69, 9.17) is 23.8 Å². The Hall–Kier alpha value is -2.53. The molecule has 158 valence electrons. The summed E-state index contributed by atoms with van der Waals surface area (Å²) in [7, 11) is 0. The van der Waals surface area contributed by atoms with E-state index in [0.29, 0.717) is 25.8 Å². The molecular formula is C19H20ClN5O3S2. The molecular weight excluding hydrogens is 446 g/mol. The van der Waals surface area contributed by atoms with Gasteiger partial charge in [-0.1, -0.05) is 53.8 Å². The fourth-order valence-electron chi connectivity index (χ4n) is 2.86. The van der Waals surface area contributed by atoms with Gasteiger partial charge in [0.2, 0.25) is 0 Å². The van der Waals surface area contributed by atoms with Gasteiger partial charge in [0.15, 0.2) is 10.5 Å². The molecule has 0 saturated carbocycles. The van der Waals surface area contributed by atoms with Crippen LogP contribution in [0.2, 0.25) is 5.02 Å². The number of halogens is 1. The first kappa shape index (κ1) is 22.2. The van der Waals surface area contributed by atoms with E-state index >= 15 is 0 Å². The first-order chi connectivity index (χ1) is 14.2. The Bertz CT molecular complexity index is 943. The van der Waals surface area contributed by atoms with Crippen LogP contribution in [0.15, 0.2) is 54.6 Å². The number of carbonyl (C=O) groups excluding carboxylic acids is 2. The second-order valence-corrected chi connectivity index (χ2v) is 9.65. The van der Waals surface area contributed by atoms with E-state index in [1.165, 1.54) is 16.8 Å². The molecule has 0 radical (unpaired) electrons. The van der Waals surface area contributed by atoms with Gasteiger partial charge in [0, 0.05) is 16.4 Å². The largest absolute Gasteiger partial charge is 0.347 e. The summed E-state index contributed by atoms with van der Waals surface area (Å²) in [6.45, 7) is 3.62. The Kier molecular flexibility index (Phi) is 6.71. The number of para-hydroxylation sites is 1. The van der Waals surface area contributed by atoms with E-state index < -0.39 is 23.0 Å². The van der Waals surface area contributed by atoms with Crippen LogP contribution in [0.25, 0.3) is 0 Å². The molecule has 8 nitrogen and oxygen atoms in total. The lowest BCUT2D eigenvalue weighted by Crippen LogP contribution is -2.60. The van der Waals surface area contributed by atoms with Crippen molar-refractivity contribution in [3.63, 3.8) is 0 Å². The fraction of sp³-hybridized carbons (Fsp3) is 0.211. The Labute approximate surface area is 188 Å². The minimum absolute atomic E-state index is 0.312.